The van der Waals surface area contributed by atoms with Gasteiger partial charge in [-0.25, -0.2) is 4.79 Å². The fourth-order valence-electron chi connectivity index (χ4n) is 9.56. The smallest absolute Gasteiger partial charge is 0.334 e. The van der Waals surface area contributed by atoms with E-state index in [2.05, 4.69) is 41.5 Å². The average Bonchev–Trinajstić information content (AvgIpc) is 3.21. The van der Waals surface area contributed by atoms with Gasteiger partial charge >= 0.3 is 5.97 Å². The van der Waals surface area contributed by atoms with Crippen molar-refractivity contribution in [1.82, 2.24) is 0 Å². The molecule has 5 rings (SSSR count). The van der Waals surface area contributed by atoms with Gasteiger partial charge in [0.2, 0.25) is 0 Å². The van der Waals surface area contributed by atoms with E-state index in [-0.39, 0.29) is 45.8 Å². The number of rotatable bonds is 3. The topological polar surface area (TPSA) is 63.6 Å². The first kappa shape index (κ1) is 24.3. The molecule has 1 aliphatic heterocycles. The van der Waals surface area contributed by atoms with Gasteiger partial charge in [-0.1, -0.05) is 47.1 Å². The largest absolute Gasteiger partial charge is 0.455 e. The van der Waals surface area contributed by atoms with Gasteiger partial charge in [0, 0.05) is 23.0 Å². The Morgan fingerprint density at radius 3 is 2.44 bits per heavy atom. The Kier molecular flexibility index (Phi) is 5.39. The van der Waals surface area contributed by atoms with Gasteiger partial charge in [0.15, 0.2) is 5.78 Å². The normalized spacial score (nSPS) is 46.4. The molecule has 8 atom stereocenters. The number of ether oxygens (including phenoxy) is 1. The third kappa shape index (κ3) is 3.06. The Hall–Kier alpha value is -1.42. The summed E-state index contributed by atoms with van der Waals surface area (Å²) in [5, 5.41) is 10.8. The highest BCUT2D eigenvalue weighted by Gasteiger charge is 2.65. The van der Waals surface area contributed by atoms with Crippen molar-refractivity contribution in [3.8, 4) is 0 Å². The van der Waals surface area contributed by atoms with E-state index < -0.39 is 0 Å². The van der Waals surface area contributed by atoms with Crippen LogP contribution in [0.5, 0.6) is 0 Å². The van der Waals surface area contributed by atoms with Crippen molar-refractivity contribution in [2.75, 3.05) is 0 Å². The third-order valence-electron chi connectivity index (χ3n) is 11.9. The summed E-state index contributed by atoms with van der Waals surface area (Å²) in [5.74, 6) is 1.33. The maximum absolute atomic E-state index is 13.9. The average molecular weight is 469 g/mol. The lowest BCUT2D eigenvalue weighted by atomic mass is 9.43. The number of carbonyl (C=O) groups is 2. The zero-order valence-electron chi connectivity index (χ0n) is 22.3. The first-order chi connectivity index (χ1) is 15.8. The summed E-state index contributed by atoms with van der Waals surface area (Å²) in [7, 11) is 0. The Balaban J connectivity index is 1.48. The highest BCUT2D eigenvalue weighted by molar-refractivity contribution is 5.99. The zero-order valence-corrected chi connectivity index (χ0v) is 22.3. The molecule has 0 unspecified atom stereocenters. The van der Waals surface area contributed by atoms with Gasteiger partial charge in [-0.3, -0.25) is 4.79 Å². The molecule has 2 saturated carbocycles. The summed E-state index contributed by atoms with van der Waals surface area (Å²) in [4.78, 5) is 25.8. The SMILES string of the molecule is CC1=C[C@@H](C[C@@H](C)[C@H]2CC[C@@]3(C)C4=C(CC[C@]23C)[C@@]2(C)CC[C@@H](O)C(C)(C)[C@@H]2CC4=O)OC1=O. The van der Waals surface area contributed by atoms with Crippen molar-refractivity contribution in [2.24, 2.45) is 39.4 Å². The summed E-state index contributed by atoms with van der Waals surface area (Å²) < 4.78 is 5.59. The van der Waals surface area contributed by atoms with Gasteiger partial charge < -0.3 is 9.84 Å². The van der Waals surface area contributed by atoms with Crippen LogP contribution in [0.1, 0.15) is 99.8 Å². The number of aliphatic hydroxyl groups is 1. The molecular formula is C30H44O4. The minimum Gasteiger partial charge on any atom is -0.455 e. The monoisotopic (exact) mass is 468 g/mol. The lowest BCUT2D eigenvalue weighted by Gasteiger charge is -2.61. The number of carbonyl (C=O) groups excluding carboxylic acids is 2. The molecule has 0 aromatic rings. The first-order valence-corrected chi connectivity index (χ1v) is 13.6. The fourth-order valence-corrected chi connectivity index (χ4v) is 9.56. The summed E-state index contributed by atoms with van der Waals surface area (Å²) in [6, 6.07) is 0. The van der Waals surface area contributed by atoms with E-state index in [4.69, 9.17) is 4.74 Å². The Morgan fingerprint density at radius 2 is 1.79 bits per heavy atom. The Labute approximate surface area is 205 Å². The van der Waals surface area contributed by atoms with E-state index in [1.165, 1.54) is 11.1 Å². The number of aliphatic hydroxyl groups excluding tert-OH is 1. The van der Waals surface area contributed by atoms with Crippen LogP contribution in [0.2, 0.25) is 0 Å². The van der Waals surface area contributed by atoms with Crippen molar-refractivity contribution in [2.45, 2.75) is 112 Å². The molecule has 4 aliphatic carbocycles. The predicted octanol–water partition coefficient (Wildman–Crippen LogP) is 6.17. The van der Waals surface area contributed by atoms with Crippen LogP contribution in [0.25, 0.3) is 0 Å². The zero-order chi connectivity index (χ0) is 24.8. The molecule has 4 heteroatoms. The summed E-state index contributed by atoms with van der Waals surface area (Å²) in [6.07, 6.45) is 9.13. The Morgan fingerprint density at radius 1 is 1.09 bits per heavy atom. The van der Waals surface area contributed by atoms with Crippen LogP contribution in [-0.2, 0) is 14.3 Å². The molecule has 188 valence electrons. The molecule has 1 N–H and O–H groups in total. The molecule has 5 aliphatic rings. The van der Waals surface area contributed by atoms with Crippen LogP contribution in [0.4, 0.5) is 0 Å². The third-order valence-corrected chi connectivity index (χ3v) is 11.9. The molecule has 0 spiro atoms. The molecule has 4 nitrogen and oxygen atoms in total. The van der Waals surface area contributed by atoms with Gasteiger partial charge in [0.1, 0.15) is 6.10 Å². The van der Waals surface area contributed by atoms with Crippen molar-refractivity contribution in [3.63, 3.8) is 0 Å². The van der Waals surface area contributed by atoms with E-state index in [1.54, 1.807) is 0 Å². The number of allylic oxidation sites excluding steroid dienone is 2. The second-order valence-corrected chi connectivity index (χ2v) is 13.7. The maximum atomic E-state index is 13.9. The molecular weight excluding hydrogens is 424 g/mol. The molecule has 1 heterocycles. The van der Waals surface area contributed by atoms with Crippen molar-refractivity contribution in [3.05, 3.63) is 22.8 Å². The predicted molar refractivity (Wildman–Crippen MR) is 133 cm³/mol. The van der Waals surface area contributed by atoms with Crippen LogP contribution in [0.3, 0.4) is 0 Å². The number of cyclic esters (lactones) is 1. The van der Waals surface area contributed by atoms with E-state index in [9.17, 15) is 14.7 Å². The number of Topliss-reactive ketones (excluding diaryl/α,β-unsaturated/α-hetero) is 1. The summed E-state index contributed by atoms with van der Waals surface area (Å²) >= 11 is 0. The fraction of sp³-hybridized carbons (Fsp3) is 0.800. The van der Waals surface area contributed by atoms with Crippen LogP contribution in [-0.4, -0.2) is 29.1 Å². The second kappa shape index (κ2) is 7.54. The number of esters is 1. The van der Waals surface area contributed by atoms with E-state index >= 15 is 0 Å². The molecule has 0 aromatic heterocycles. The molecule has 0 saturated heterocycles. The van der Waals surface area contributed by atoms with Crippen LogP contribution < -0.4 is 0 Å². The molecule has 0 aromatic carbocycles. The van der Waals surface area contributed by atoms with Gasteiger partial charge in [0.25, 0.3) is 0 Å². The standard InChI is InChI=1S/C30H44O4/c1-17(14-19-15-18(2)26(33)34-19)20-8-13-30(7)25-21(9-12-29(20,30)6)28(5)11-10-24(32)27(3,4)23(28)16-22(25)31/h15,17,19-20,23-24,32H,8-14,16H2,1-7H3/t17-,19-,20-,23+,24-,28-,29-,30+/m1/s1. The van der Waals surface area contributed by atoms with Crippen LogP contribution in [0, 0.1) is 39.4 Å². The number of fused-ring (bicyclic) bond motifs is 4. The lowest BCUT2D eigenvalue weighted by molar-refractivity contribution is -0.140. The summed E-state index contributed by atoms with van der Waals surface area (Å²) in [5.41, 5.74) is 3.09. The molecule has 34 heavy (non-hydrogen) atoms. The quantitative estimate of drug-likeness (QED) is 0.503. The number of hydrogen-bond donors (Lipinski definition) is 1. The van der Waals surface area contributed by atoms with E-state index in [0.717, 1.165) is 50.5 Å². The highest BCUT2D eigenvalue weighted by Crippen LogP contribution is 2.71. The van der Waals surface area contributed by atoms with Crippen molar-refractivity contribution >= 4 is 11.8 Å². The van der Waals surface area contributed by atoms with Crippen molar-refractivity contribution in [1.29, 1.82) is 0 Å². The molecule has 0 bridgehead atoms. The van der Waals surface area contributed by atoms with Crippen LogP contribution >= 0.6 is 0 Å². The highest BCUT2D eigenvalue weighted by atomic mass is 16.5. The van der Waals surface area contributed by atoms with E-state index in [0.29, 0.717) is 24.0 Å². The molecule has 0 radical (unpaired) electrons. The first-order valence-electron chi connectivity index (χ1n) is 13.6. The van der Waals surface area contributed by atoms with Crippen LogP contribution in [0.15, 0.2) is 22.8 Å². The minimum atomic E-state index is -0.330. The molecule has 0 amide bonds. The van der Waals surface area contributed by atoms with Crippen molar-refractivity contribution < 1.29 is 19.4 Å². The lowest BCUT2D eigenvalue weighted by Crippen LogP contribution is -2.57. The van der Waals surface area contributed by atoms with Gasteiger partial charge in [-0.05, 0) is 91.9 Å². The Bertz CT molecular complexity index is 988. The van der Waals surface area contributed by atoms with E-state index in [1.807, 2.05) is 13.0 Å². The molecule has 2 fully saturated rings. The van der Waals surface area contributed by atoms with Gasteiger partial charge in [-0.2, -0.15) is 0 Å². The number of ketones is 1. The summed E-state index contributed by atoms with van der Waals surface area (Å²) in [6.45, 7) is 15.7. The minimum absolute atomic E-state index is 0.0143. The van der Waals surface area contributed by atoms with Gasteiger partial charge in [-0.15, -0.1) is 0 Å². The second-order valence-electron chi connectivity index (χ2n) is 13.7. The number of hydrogen-bond acceptors (Lipinski definition) is 4. The van der Waals surface area contributed by atoms with Gasteiger partial charge in [0.05, 0.1) is 6.10 Å². The maximum Gasteiger partial charge on any atom is 0.334 e.